The topological polar surface area (TPSA) is 41.9 Å². The molecule has 2 aromatic heterocycles. The minimum Gasteiger partial charge on any atom is -0.355 e. The third-order valence-electron chi connectivity index (χ3n) is 5.31. The fraction of sp³-hybridized carbons (Fsp3) is 0.588. The lowest BCUT2D eigenvalue weighted by Gasteiger charge is -2.24. The Labute approximate surface area is 125 Å². The molecule has 0 N–H and O–H groups in total. The van der Waals surface area contributed by atoms with Crippen molar-refractivity contribution in [3.8, 4) is 0 Å². The van der Waals surface area contributed by atoms with Crippen molar-refractivity contribution in [1.82, 2.24) is 15.0 Å². The molecule has 1 spiro atoms. The van der Waals surface area contributed by atoms with E-state index >= 15 is 0 Å². The lowest BCUT2D eigenvalue weighted by Crippen LogP contribution is -2.26. The maximum absolute atomic E-state index is 4.61. The van der Waals surface area contributed by atoms with Crippen LogP contribution in [0, 0.1) is 19.3 Å². The molecular formula is C17H22N4. The van der Waals surface area contributed by atoms with Crippen molar-refractivity contribution >= 4 is 16.9 Å². The van der Waals surface area contributed by atoms with Crippen LogP contribution in [-0.4, -0.2) is 28.0 Å². The van der Waals surface area contributed by atoms with Crippen LogP contribution in [0.1, 0.15) is 43.4 Å². The van der Waals surface area contributed by atoms with E-state index in [4.69, 9.17) is 0 Å². The van der Waals surface area contributed by atoms with E-state index < -0.39 is 0 Å². The third kappa shape index (κ3) is 2.08. The van der Waals surface area contributed by atoms with E-state index in [0.717, 1.165) is 35.6 Å². The number of fused-ring (bicyclic) bond motifs is 1. The quantitative estimate of drug-likeness (QED) is 0.804. The van der Waals surface area contributed by atoms with Gasteiger partial charge in [0, 0.05) is 18.8 Å². The van der Waals surface area contributed by atoms with Crippen LogP contribution in [0.3, 0.4) is 0 Å². The van der Waals surface area contributed by atoms with Crippen molar-refractivity contribution in [2.75, 3.05) is 18.0 Å². The first kappa shape index (κ1) is 13.0. The average molecular weight is 282 g/mol. The van der Waals surface area contributed by atoms with Gasteiger partial charge in [-0.2, -0.15) is 0 Å². The van der Waals surface area contributed by atoms with Gasteiger partial charge in [0.25, 0.3) is 0 Å². The third-order valence-corrected chi connectivity index (χ3v) is 5.31. The highest BCUT2D eigenvalue weighted by molar-refractivity contribution is 5.90. The maximum Gasteiger partial charge on any atom is 0.165 e. The fourth-order valence-electron chi connectivity index (χ4n) is 4.28. The van der Waals surface area contributed by atoms with Crippen LogP contribution < -0.4 is 4.90 Å². The van der Waals surface area contributed by atoms with E-state index in [9.17, 15) is 0 Å². The molecule has 1 saturated carbocycles. The Hall–Kier alpha value is -1.71. The molecule has 110 valence electrons. The molecule has 0 atom stereocenters. The van der Waals surface area contributed by atoms with Gasteiger partial charge in [0.1, 0.15) is 12.1 Å². The molecular weight excluding hydrogens is 260 g/mol. The molecule has 2 aliphatic rings. The molecule has 3 heterocycles. The zero-order valence-electron chi connectivity index (χ0n) is 12.9. The van der Waals surface area contributed by atoms with Crippen LogP contribution in [0.25, 0.3) is 11.0 Å². The summed E-state index contributed by atoms with van der Waals surface area (Å²) in [6.07, 6.45) is 8.57. The molecule has 4 nitrogen and oxygen atoms in total. The van der Waals surface area contributed by atoms with E-state index in [1.54, 1.807) is 6.33 Å². The van der Waals surface area contributed by atoms with Gasteiger partial charge in [-0.1, -0.05) is 12.8 Å². The van der Waals surface area contributed by atoms with Crippen molar-refractivity contribution in [2.45, 2.75) is 46.0 Å². The largest absolute Gasteiger partial charge is 0.355 e. The minimum atomic E-state index is 0.559. The van der Waals surface area contributed by atoms with Gasteiger partial charge in [-0.15, -0.1) is 0 Å². The monoisotopic (exact) mass is 282 g/mol. The number of pyridine rings is 1. The van der Waals surface area contributed by atoms with Crippen LogP contribution in [0.15, 0.2) is 12.4 Å². The standard InChI is InChI=1S/C17H22N4/c1-12-9-13(2)20-15-14(12)16(19-11-18-15)21-8-7-17(10-21)5-3-4-6-17/h9,11H,3-8,10H2,1-2H3. The number of aromatic nitrogens is 3. The first-order valence-corrected chi connectivity index (χ1v) is 8.01. The lowest BCUT2D eigenvalue weighted by molar-refractivity contribution is 0.340. The molecule has 0 unspecified atom stereocenters. The molecule has 0 radical (unpaired) electrons. The highest BCUT2D eigenvalue weighted by atomic mass is 15.2. The van der Waals surface area contributed by atoms with Gasteiger partial charge in [0.2, 0.25) is 0 Å². The van der Waals surface area contributed by atoms with Gasteiger partial charge in [0.15, 0.2) is 5.65 Å². The van der Waals surface area contributed by atoms with Crippen LogP contribution in [0.2, 0.25) is 0 Å². The van der Waals surface area contributed by atoms with Gasteiger partial charge < -0.3 is 4.90 Å². The normalized spacial score (nSPS) is 20.8. The summed E-state index contributed by atoms with van der Waals surface area (Å²) in [6.45, 7) is 6.45. The van der Waals surface area contributed by atoms with Crippen LogP contribution in [0.5, 0.6) is 0 Å². The number of rotatable bonds is 1. The Morgan fingerprint density at radius 1 is 1.10 bits per heavy atom. The van der Waals surface area contributed by atoms with E-state index in [0.29, 0.717) is 5.41 Å². The van der Waals surface area contributed by atoms with Gasteiger partial charge in [-0.05, 0) is 50.2 Å². The highest BCUT2D eigenvalue weighted by Gasteiger charge is 2.41. The zero-order chi connectivity index (χ0) is 14.4. The van der Waals surface area contributed by atoms with Crippen molar-refractivity contribution < 1.29 is 0 Å². The van der Waals surface area contributed by atoms with Gasteiger partial charge in [0.05, 0.1) is 5.39 Å². The molecule has 0 amide bonds. The van der Waals surface area contributed by atoms with Gasteiger partial charge in [-0.3, -0.25) is 0 Å². The molecule has 1 aliphatic carbocycles. The predicted octanol–water partition coefficient (Wildman–Crippen LogP) is 3.41. The predicted molar refractivity (Wildman–Crippen MR) is 84.5 cm³/mol. The summed E-state index contributed by atoms with van der Waals surface area (Å²) in [5.41, 5.74) is 3.66. The Morgan fingerprint density at radius 2 is 1.90 bits per heavy atom. The molecule has 4 rings (SSSR count). The van der Waals surface area contributed by atoms with E-state index in [1.165, 1.54) is 37.7 Å². The lowest BCUT2D eigenvalue weighted by atomic mass is 9.86. The summed E-state index contributed by atoms with van der Waals surface area (Å²) < 4.78 is 0. The number of anilines is 1. The second-order valence-electron chi connectivity index (χ2n) is 6.86. The van der Waals surface area contributed by atoms with Gasteiger partial charge >= 0.3 is 0 Å². The maximum atomic E-state index is 4.61. The summed E-state index contributed by atoms with van der Waals surface area (Å²) >= 11 is 0. The zero-order valence-corrected chi connectivity index (χ0v) is 12.9. The summed E-state index contributed by atoms with van der Waals surface area (Å²) in [6, 6.07) is 2.14. The molecule has 0 bridgehead atoms. The molecule has 2 fully saturated rings. The molecule has 21 heavy (non-hydrogen) atoms. The minimum absolute atomic E-state index is 0.559. The Kier molecular flexibility index (Phi) is 2.88. The molecule has 1 saturated heterocycles. The highest BCUT2D eigenvalue weighted by Crippen LogP contribution is 2.46. The first-order valence-electron chi connectivity index (χ1n) is 8.01. The fourth-order valence-corrected chi connectivity index (χ4v) is 4.28. The van der Waals surface area contributed by atoms with Gasteiger partial charge in [-0.25, -0.2) is 15.0 Å². The number of hydrogen-bond donors (Lipinski definition) is 0. The summed E-state index contributed by atoms with van der Waals surface area (Å²) in [5.74, 6) is 1.09. The second kappa shape index (κ2) is 4.65. The number of hydrogen-bond acceptors (Lipinski definition) is 4. The SMILES string of the molecule is Cc1cc(C)c2c(N3CCC4(CCCC4)C3)ncnc2n1. The number of aryl methyl sites for hydroxylation is 2. The first-order chi connectivity index (χ1) is 10.2. The molecule has 0 aromatic carbocycles. The smallest absolute Gasteiger partial charge is 0.165 e. The van der Waals surface area contributed by atoms with E-state index in [-0.39, 0.29) is 0 Å². The summed E-state index contributed by atoms with van der Waals surface area (Å²) in [4.78, 5) is 16.0. The van der Waals surface area contributed by atoms with Crippen LogP contribution >= 0.6 is 0 Å². The summed E-state index contributed by atoms with van der Waals surface area (Å²) in [5, 5.41) is 1.14. The van der Waals surface area contributed by atoms with Crippen molar-refractivity contribution in [3.63, 3.8) is 0 Å². The van der Waals surface area contributed by atoms with Crippen molar-refractivity contribution in [2.24, 2.45) is 5.41 Å². The van der Waals surface area contributed by atoms with Crippen molar-refractivity contribution in [3.05, 3.63) is 23.7 Å². The Bertz CT molecular complexity index is 688. The van der Waals surface area contributed by atoms with E-state index in [2.05, 4.69) is 32.8 Å². The molecule has 2 aromatic rings. The van der Waals surface area contributed by atoms with Crippen molar-refractivity contribution in [1.29, 1.82) is 0 Å². The second-order valence-corrected chi connectivity index (χ2v) is 6.86. The Morgan fingerprint density at radius 3 is 2.71 bits per heavy atom. The van der Waals surface area contributed by atoms with Crippen LogP contribution in [0.4, 0.5) is 5.82 Å². The Balaban J connectivity index is 1.77. The number of nitrogens with zero attached hydrogens (tertiary/aromatic N) is 4. The van der Waals surface area contributed by atoms with Crippen LogP contribution in [-0.2, 0) is 0 Å². The van der Waals surface area contributed by atoms with E-state index in [1.807, 2.05) is 6.92 Å². The summed E-state index contributed by atoms with van der Waals surface area (Å²) in [7, 11) is 0. The molecule has 4 heteroatoms. The molecule has 1 aliphatic heterocycles. The average Bonchev–Trinajstić information content (AvgIpc) is 3.08.